The Kier molecular flexibility index (Phi) is 2.29. The molecule has 0 aliphatic heterocycles. The van der Waals surface area contributed by atoms with E-state index in [1.807, 2.05) is 0 Å². The number of carbonyl (C=O) groups excluding carboxylic acids is 1. The molecule has 0 aromatic carbocycles. The van der Waals surface area contributed by atoms with Crippen molar-refractivity contribution in [3.8, 4) is 0 Å². The van der Waals surface area contributed by atoms with Crippen molar-refractivity contribution in [3.63, 3.8) is 0 Å². The van der Waals surface area contributed by atoms with Gasteiger partial charge in [-0.05, 0) is 30.8 Å². The van der Waals surface area contributed by atoms with Crippen LogP contribution in [-0.4, -0.2) is 5.78 Å². The number of ketones is 1. The number of allylic oxidation sites excluding steroid dienone is 2. The number of carbonyl (C=O) groups is 1. The molecule has 2 aliphatic rings. The van der Waals surface area contributed by atoms with Crippen LogP contribution in [0.15, 0.2) is 12.2 Å². The predicted octanol–water partition coefficient (Wildman–Crippen LogP) is 2.71. The molecule has 1 nitrogen and oxygen atoms in total. The highest BCUT2D eigenvalue weighted by atomic mass is 16.1. The molecule has 0 amide bonds. The zero-order valence-electron chi connectivity index (χ0n) is 7.46. The van der Waals surface area contributed by atoms with Gasteiger partial charge in [-0.15, -0.1) is 0 Å². The highest BCUT2D eigenvalue weighted by Gasteiger charge is 2.26. The van der Waals surface area contributed by atoms with E-state index in [2.05, 4.69) is 6.08 Å². The lowest BCUT2D eigenvalue weighted by Gasteiger charge is -2.25. The first kappa shape index (κ1) is 8.03. The van der Waals surface area contributed by atoms with Crippen molar-refractivity contribution in [2.45, 2.75) is 38.5 Å². The zero-order valence-corrected chi connectivity index (χ0v) is 7.46. The van der Waals surface area contributed by atoms with E-state index in [0.717, 1.165) is 12.3 Å². The topological polar surface area (TPSA) is 17.1 Å². The lowest BCUT2D eigenvalue weighted by molar-refractivity contribution is -0.114. The van der Waals surface area contributed by atoms with E-state index >= 15 is 0 Å². The fourth-order valence-corrected chi connectivity index (χ4v) is 2.49. The van der Waals surface area contributed by atoms with Crippen LogP contribution in [-0.2, 0) is 4.79 Å². The van der Waals surface area contributed by atoms with E-state index < -0.39 is 0 Å². The summed E-state index contributed by atoms with van der Waals surface area (Å²) in [6.45, 7) is 0. The van der Waals surface area contributed by atoms with Gasteiger partial charge in [0.25, 0.3) is 0 Å². The predicted molar refractivity (Wildman–Crippen MR) is 48.8 cm³/mol. The van der Waals surface area contributed by atoms with Crippen molar-refractivity contribution in [2.75, 3.05) is 0 Å². The van der Waals surface area contributed by atoms with Crippen LogP contribution in [0.3, 0.4) is 0 Å². The summed E-state index contributed by atoms with van der Waals surface area (Å²) in [7, 11) is 0. The number of hydrogen-bond donors (Lipinski definition) is 0. The summed E-state index contributed by atoms with van der Waals surface area (Å²) in [5, 5.41) is 0. The minimum atomic E-state index is 0.338. The molecule has 1 heteroatoms. The molecule has 0 bridgehead atoms. The van der Waals surface area contributed by atoms with E-state index in [1.165, 1.54) is 32.1 Å². The van der Waals surface area contributed by atoms with Gasteiger partial charge in [-0.25, -0.2) is 0 Å². The molecule has 12 heavy (non-hydrogen) atoms. The second-order valence-corrected chi connectivity index (χ2v) is 4.09. The van der Waals surface area contributed by atoms with Gasteiger partial charge in [0.15, 0.2) is 5.78 Å². The first-order valence-electron chi connectivity index (χ1n) is 5.07. The fourth-order valence-electron chi connectivity index (χ4n) is 2.49. The summed E-state index contributed by atoms with van der Waals surface area (Å²) in [4.78, 5) is 11.0. The molecule has 1 saturated carbocycles. The van der Waals surface area contributed by atoms with Gasteiger partial charge in [0.1, 0.15) is 0 Å². The lowest BCUT2D eigenvalue weighted by Crippen LogP contribution is -2.15. The number of rotatable bonds is 1. The second kappa shape index (κ2) is 3.42. The Bertz CT molecular complexity index is 199. The van der Waals surface area contributed by atoms with E-state index in [0.29, 0.717) is 11.7 Å². The van der Waals surface area contributed by atoms with Crippen molar-refractivity contribution in [1.29, 1.82) is 0 Å². The highest BCUT2D eigenvalue weighted by Crippen LogP contribution is 2.34. The Morgan fingerprint density at radius 3 is 2.50 bits per heavy atom. The van der Waals surface area contributed by atoms with Crippen molar-refractivity contribution < 1.29 is 4.79 Å². The van der Waals surface area contributed by atoms with Crippen LogP contribution in [0.1, 0.15) is 38.5 Å². The van der Waals surface area contributed by atoms with Gasteiger partial charge in [-0.3, -0.25) is 4.79 Å². The third-order valence-corrected chi connectivity index (χ3v) is 3.22. The molecule has 1 atom stereocenters. The van der Waals surface area contributed by atoms with Gasteiger partial charge in [-0.2, -0.15) is 0 Å². The van der Waals surface area contributed by atoms with Crippen molar-refractivity contribution in [3.05, 3.63) is 12.2 Å². The molecule has 0 saturated heterocycles. The monoisotopic (exact) mass is 164 g/mol. The normalized spacial score (nSPS) is 31.3. The Morgan fingerprint density at radius 2 is 1.92 bits per heavy atom. The molecule has 66 valence electrons. The maximum atomic E-state index is 11.0. The number of hydrogen-bond acceptors (Lipinski definition) is 1. The minimum Gasteiger partial charge on any atom is -0.295 e. The molecule has 0 heterocycles. The van der Waals surface area contributed by atoms with E-state index in [-0.39, 0.29) is 0 Å². The van der Waals surface area contributed by atoms with Gasteiger partial charge in [0.05, 0.1) is 0 Å². The highest BCUT2D eigenvalue weighted by molar-refractivity contribution is 5.92. The van der Waals surface area contributed by atoms with Crippen LogP contribution in [0.4, 0.5) is 0 Å². The van der Waals surface area contributed by atoms with Gasteiger partial charge in [0.2, 0.25) is 0 Å². The van der Waals surface area contributed by atoms with Crippen molar-refractivity contribution >= 4 is 5.78 Å². The van der Waals surface area contributed by atoms with E-state index in [9.17, 15) is 4.79 Å². The largest absolute Gasteiger partial charge is 0.295 e. The third kappa shape index (κ3) is 1.60. The molecule has 1 fully saturated rings. The van der Waals surface area contributed by atoms with Crippen LogP contribution >= 0.6 is 0 Å². The average molecular weight is 164 g/mol. The molecule has 0 spiro atoms. The van der Waals surface area contributed by atoms with Crippen molar-refractivity contribution in [1.82, 2.24) is 0 Å². The smallest absolute Gasteiger partial charge is 0.155 e. The summed E-state index contributed by atoms with van der Waals surface area (Å²) in [6.07, 6.45) is 11.6. The van der Waals surface area contributed by atoms with Gasteiger partial charge in [0, 0.05) is 6.42 Å². The first-order valence-corrected chi connectivity index (χ1v) is 5.07. The maximum absolute atomic E-state index is 11.0. The summed E-state index contributed by atoms with van der Waals surface area (Å²) < 4.78 is 0. The van der Waals surface area contributed by atoms with Crippen LogP contribution in [0, 0.1) is 11.8 Å². The van der Waals surface area contributed by atoms with Gasteiger partial charge in [-0.1, -0.05) is 25.3 Å². The quantitative estimate of drug-likeness (QED) is 0.582. The van der Waals surface area contributed by atoms with E-state index in [4.69, 9.17) is 0 Å². The molecule has 1 unspecified atom stereocenters. The Labute approximate surface area is 73.8 Å². The second-order valence-electron chi connectivity index (χ2n) is 4.09. The molecule has 0 aromatic rings. The Morgan fingerprint density at radius 1 is 1.17 bits per heavy atom. The summed E-state index contributed by atoms with van der Waals surface area (Å²) in [5.41, 5.74) is 0. The average Bonchev–Trinajstić information content (AvgIpc) is 2.54. The SMILES string of the molecule is O=C1C=CC(C2CCCCC2)C1. The summed E-state index contributed by atoms with van der Waals surface area (Å²) in [6, 6.07) is 0. The molecule has 0 N–H and O–H groups in total. The molecule has 2 rings (SSSR count). The Hall–Kier alpha value is -0.590. The van der Waals surface area contributed by atoms with Crippen molar-refractivity contribution in [2.24, 2.45) is 11.8 Å². The Balaban J connectivity index is 1.91. The van der Waals surface area contributed by atoms with E-state index in [1.54, 1.807) is 6.08 Å². The molecular formula is C11H16O. The minimum absolute atomic E-state index is 0.338. The third-order valence-electron chi connectivity index (χ3n) is 3.22. The molecule has 2 aliphatic carbocycles. The first-order chi connectivity index (χ1) is 5.86. The zero-order chi connectivity index (χ0) is 8.39. The summed E-state index contributed by atoms with van der Waals surface area (Å²) in [5.74, 6) is 1.75. The lowest BCUT2D eigenvalue weighted by atomic mass is 9.80. The maximum Gasteiger partial charge on any atom is 0.155 e. The summed E-state index contributed by atoms with van der Waals surface area (Å²) >= 11 is 0. The molecule has 0 radical (unpaired) electrons. The van der Waals surface area contributed by atoms with Crippen LogP contribution in [0.25, 0.3) is 0 Å². The fraction of sp³-hybridized carbons (Fsp3) is 0.727. The standard InChI is InChI=1S/C11H16O/c12-11-7-6-10(8-11)9-4-2-1-3-5-9/h6-7,9-10H,1-5,8H2. The van der Waals surface area contributed by atoms with Crippen LogP contribution in [0.5, 0.6) is 0 Å². The van der Waals surface area contributed by atoms with Crippen LogP contribution in [0.2, 0.25) is 0 Å². The van der Waals surface area contributed by atoms with Crippen LogP contribution < -0.4 is 0 Å². The van der Waals surface area contributed by atoms with Gasteiger partial charge < -0.3 is 0 Å². The van der Waals surface area contributed by atoms with Gasteiger partial charge >= 0.3 is 0 Å². The molecule has 0 aromatic heterocycles. The molecular weight excluding hydrogens is 148 g/mol.